The number of ether oxygens (including phenoxy) is 1. The van der Waals surface area contributed by atoms with E-state index in [-0.39, 0.29) is 5.56 Å². The quantitative estimate of drug-likeness (QED) is 0.587. The van der Waals surface area contributed by atoms with E-state index in [0.29, 0.717) is 43.5 Å². The number of morpholine rings is 1. The Morgan fingerprint density at radius 3 is 2.66 bits per heavy atom. The van der Waals surface area contributed by atoms with E-state index in [9.17, 15) is 4.79 Å². The fraction of sp³-hybridized carbons (Fsp3) is 0.391. The number of nitrogens with one attached hydrogen (secondary N) is 1. The minimum absolute atomic E-state index is 0.208. The molecule has 0 bridgehead atoms. The van der Waals surface area contributed by atoms with Gasteiger partial charge in [0.25, 0.3) is 5.56 Å². The molecule has 166 valence electrons. The number of fused-ring (bicyclic) bond motifs is 1. The maximum atomic E-state index is 13.0. The van der Waals surface area contributed by atoms with Gasteiger partial charge in [-0.2, -0.15) is 4.98 Å². The lowest BCUT2D eigenvalue weighted by molar-refractivity contribution is 0.122. The van der Waals surface area contributed by atoms with Crippen LogP contribution in [0.3, 0.4) is 0 Å². The molecule has 0 saturated carbocycles. The number of hydrogen-bond acceptors (Lipinski definition) is 8. The lowest BCUT2D eigenvalue weighted by atomic mass is 10.1. The molecule has 1 aliphatic heterocycles. The Morgan fingerprint density at radius 1 is 1.22 bits per heavy atom. The number of terminal acetylenes is 1. The predicted molar refractivity (Wildman–Crippen MR) is 126 cm³/mol. The molecule has 3 aromatic rings. The number of aromatic nitrogens is 4. The molecule has 0 aromatic carbocycles. The van der Waals surface area contributed by atoms with E-state index in [4.69, 9.17) is 11.2 Å². The van der Waals surface area contributed by atoms with Crippen LogP contribution in [-0.2, 0) is 11.3 Å². The molecule has 0 spiro atoms. The van der Waals surface area contributed by atoms with Gasteiger partial charge in [0.2, 0.25) is 5.95 Å². The van der Waals surface area contributed by atoms with Crippen LogP contribution in [0, 0.1) is 19.3 Å². The highest BCUT2D eigenvalue weighted by Gasteiger charge is 2.16. The number of hydrogen-bond donors (Lipinski definition) is 1. The molecule has 0 radical (unpaired) electrons. The van der Waals surface area contributed by atoms with Crippen LogP contribution >= 0.6 is 0 Å². The second-order valence-electron chi connectivity index (χ2n) is 7.96. The van der Waals surface area contributed by atoms with Crippen LogP contribution in [-0.4, -0.2) is 71.4 Å². The summed E-state index contributed by atoms with van der Waals surface area (Å²) in [5.74, 6) is 3.84. The monoisotopic (exact) mass is 433 g/mol. The molecule has 4 heterocycles. The maximum Gasteiger partial charge on any atom is 0.268 e. The van der Waals surface area contributed by atoms with Crippen LogP contribution in [0.5, 0.6) is 0 Å². The van der Waals surface area contributed by atoms with Crippen molar-refractivity contribution < 1.29 is 4.74 Å². The average molecular weight is 434 g/mol. The molecule has 0 aliphatic carbocycles. The van der Waals surface area contributed by atoms with Gasteiger partial charge in [0.15, 0.2) is 0 Å². The summed E-state index contributed by atoms with van der Waals surface area (Å²) in [4.78, 5) is 30.9. The highest BCUT2D eigenvalue weighted by Crippen LogP contribution is 2.21. The first-order chi connectivity index (χ1) is 15.5. The first kappa shape index (κ1) is 21.7. The molecule has 0 unspecified atom stereocenters. The van der Waals surface area contributed by atoms with Crippen molar-refractivity contribution in [3.8, 4) is 12.3 Å². The van der Waals surface area contributed by atoms with Crippen LogP contribution in [0.25, 0.3) is 11.0 Å². The Bertz CT molecular complexity index is 1210. The Labute approximate surface area is 187 Å². The number of aryl methyl sites for hydroxylation is 1. The SMILES string of the molecule is C#Cc1c(C)c2cnc(Nc3ccc(N4CCOCC4)nc3)nc2n(CCN(C)C)c1=O. The molecule has 3 aromatic heterocycles. The second kappa shape index (κ2) is 9.34. The summed E-state index contributed by atoms with van der Waals surface area (Å²) in [6.07, 6.45) is 9.09. The Hall–Kier alpha value is -3.48. The lowest BCUT2D eigenvalue weighted by Crippen LogP contribution is -2.36. The highest BCUT2D eigenvalue weighted by atomic mass is 16.5. The summed E-state index contributed by atoms with van der Waals surface area (Å²) in [6, 6.07) is 3.90. The van der Waals surface area contributed by atoms with Crippen LogP contribution in [0.2, 0.25) is 0 Å². The maximum absolute atomic E-state index is 13.0. The van der Waals surface area contributed by atoms with Crippen molar-refractivity contribution in [1.29, 1.82) is 0 Å². The van der Waals surface area contributed by atoms with Crippen molar-refractivity contribution in [2.24, 2.45) is 0 Å². The second-order valence-corrected chi connectivity index (χ2v) is 7.96. The lowest BCUT2D eigenvalue weighted by Gasteiger charge is -2.27. The summed E-state index contributed by atoms with van der Waals surface area (Å²) >= 11 is 0. The van der Waals surface area contributed by atoms with Gasteiger partial charge in [-0.15, -0.1) is 6.42 Å². The van der Waals surface area contributed by atoms with E-state index < -0.39 is 0 Å². The fourth-order valence-corrected chi connectivity index (χ4v) is 3.68. The molecule has 1 saturated heterocycles. The van der Waals surface area contributed by atoms with E-state index in [1.54, 1.807) is 17.0 Å². The smallest absolute Gasteiger partial charge is 0.268 e. The van der Waals surface area contributed by atoms with E-state index in [2.05, 4.69) is 31.1 Å². The van der Waals surface area contributed by atoms with Gasteiger partial charge in [0.1, 0.15) is 11.5 Å². The van der Waals surface area contributed by atoms with Crippen LogP contribution in [0.4, 0.5) is 17.5 Å². The number of pyridine rings is 2. The van der Waals surface area contributed by atoms with Crippen LogP contribution in [0.15, 0.2) is 29.3 Å². The minimum atomic E-state index is -0.208. The van der Waals surface area contributed by atoms with Gasteiger partial charge in [-0.1, -0.05) is 5.92 Å². The van der Waals surface area contributed by atoms with Crippen molar-refractivity contribution in [2.75, 3.05) is 57.2 Å². The third-order valence-electron chi connectivity index (χ3n) is 5.52. The summed E-state index contributed by atoms with van der Waals surface area (Å²) < 4.78 is 7.02. The zero-order valence-corrected chi connectivity index (χ0v) is 18.6. The van der Waals surface area contributed by atoms with Gasteiger partial charge in [0.05, 0.1) is 30.7 Å². The molecule has 9 nitrogen and oxygen atoms in total. The van der Waals surface area contributed by atoms with Gasteiger partial charge in [-0.25, -0.2) is 9.97 Å². The van der Waals surface area contributed by atoms with Crippen molar-refractivity contribution in [3.63, 3.8) is 0 Å². The van der Waals surface area contributed by atoms with E-state index in [0.717, 1.165) is 35.5 Å². The van der Waals surface area contributed by atoms with Gasteiger partial charge in [-0.05, 0) is 38.7 Å². The summed E-state index contributed by atoms with van der Waals surface area (Å²) in [6.45, 7) is 6.07. The molecular weight excluding hydrogens is 406 g/mol. The van der Waals surface area contributed by atoms with Gasteiger partial charge in [-0.3, -0.25) is 9.36 Å². The molecule has 1 N–H and O–H groups in total. The summed E-state index contributed by atoms with van der Waals surface area (Å²) in [7, 11) is 3.91. The Balaban J connectivity index is 1.66. The first-order valence-electron chi connectivity index (χ1n) is 10.5. The van der Waals surface area contributed by atoms with Gasteiger partial charge >= 0.3 is 0 Å². The van der Waals surface area contributed by atoms with Crippen molar-refractivity contribution in [2.45, 2.75) is 13.5 Å². The molecule has 1 fully saturated rings. The number of rotatable bonds is 6. The molecule has 32 heavy (non-hydrogen) atoms. The number of nitrogens with zero attached hydrogens (tertiary/aromatic N) is 6. The number of likely N-dealkylation sites (N-methyl/N-ethyl adjacent to an activating group) is 1. The number of anilines is 3. The zero-order valence-electron chi connectivity index (χ0n) is 18.6. The highest BCUT2D eigenvalue weighted by molar-refractivity contribution is 5.81. The van der Waals surface area contributed by atoms with Crippen molar-refractivity contribution in [1.82, 2.24) is 24.4 Å². The standard InChI is InChI=1S/C23H27N7O2/c1-5-18-16(2)19-15-25-23(27-21(19)30(22(18)31)9-8-28(3)4)26-17-6-7-20(24-14-17)29-10-12-32-13-11-29/h1,6-7,14-15H,8-13H2,2-4H3,(H,25,26,27). The van der Waals surface area contributed by atoms with Gasteiger partial charge < -0.3 is 19.9 Å². The molecular formula is C23H27N7O2. The van der Waals surface area contributed by atoms with E-state index in [1.165, 1.54) is 0 Å². The van der Waals surface area contributed by atoms with Gasteiger partial charge in [0, 0.05) is 37.8 Å². The molecule has 0 amide bonds. The van der Waals surface area contributed by atoms with Crippen molar-refractivity contribution >= 4 is 28.5 Å². The topological polar surface area (TPSA) is 88.4 Å². The molecule has 0 atom stereocenters. The summed E-state index contributed by atoms with van der Waals surface area (Å²) in [5, 5.41) is 3.96. The average Bonchev–Trinajstić information content (AvgIpc) is 2.80. The molecule has 1 aliphatic rings. The van der Waals surface area contributed by atoms with E-state index >= 15 is 0 Å². The minimum Gasteiger partial charge on any atom is -0.378 e. The van der Waals surface area contributed by atoms with Crippen LogP contribution in [0.1, 0.15) is 11.1 Å². The van der Waals surface area contributed by atoms with Crippen LogP contribution < -0.4 is 15.8 Å². The van der Waals surface area contributed by atoms with E-state index in [1.807, 2.05) is 38.1 Å². The predicted octanol–water partition coefficient (Wildman–Crippen LogP) is 1.62. The fourth-order valence-electron chi connectivity index (χ4n) is 3.68. The molecule has 4 rings (SSSR count). The Morgan fingerprint density at radius 2 is 2.00 bits per heavy atom. The molecule has 9 heteroatoms. The summed E-state index contributed by atoms with van der Waals surface area (Å²) in [5.41, 5.74) is 2.19. The third kappa shape index (κ3) is 4.42. The largest absolute Gasteiger partial charge is 0.378 e. The Kier molecular flexibility index (Phi) is 6.35. The van der Waals surface area contributed by atoms with Crippen molar-refractivity contribution in [3.05, 3.63) is 46.0 Å². The first-order valence-corrected chi connectivity index (χ1v) is 10.5. The zero-order chi connectivity index (χ0) is 22.7. The third-order valence-corrected chi connectivity index (χ3v) is 5.52. The normalized spacial score (nSPS) is 14.0.